The molecule has 1 atom stereocenters. The zero-order chi connectivity index (χ0) is 11.5. The summed E-state index contributed by atoms with van der Waals surface area (Å²) in [5.74, 6) is 5.09. The van der Waals surface area contributed by atoms with Crippen LogP contribution in [0.5, 0.6) is 0 Å². The van der Waals surface area contributed by atoms with Crippen LogP contribution < -0.4 is 0 Å². The molecule has 0 spiro atoms. The van der Waals surface area contributed by atoms with Gasteiger partial charge in [-0.05, 0) is 47.2 Å². The van der Waals surface area contributed by atoms with Crippen molar-refractivity contribution in [3.05, 3.63) is 0 Å². The molecule has 0 aromatic carbocycles. The van der Waals surface area contributed by atoms with Crippen LogP contribution in [-0.4, -0.2) is 36.1 Å². The molecule has 0 bridgehead atoms. The number of rotatable bonds is 0. The molecular formula is C12H19NO2. The summed E-state index contributed by atoms with van der Waals surface area (Å²) >= 11 is 0. The van der Waals surface area contributed by atoms with Crippen LogP contribution in [0.25, 0.3) is 0 Å². The van der Waals surface area contributed by atoms with E-state index in [0.29, 0.717) is 0 Å². The van der Waals surface area contributed by atoms with E-state index in [1.807, 2.05) is 27.8 Å². The number of hydrogen-bond donors (Lipinski definition) is 0. The highest BCUT2D eigenvalue weighted by Crippen LogP contribution is 2.13. The second kappa shape index (κ2) is 4.67. The average molecular weight is 209 g/mol. The van der Waals surface area contributed by atoms with E-state index in [1.54, 1.807) is 0 Å². The van der Waals surface area contributed by atoms with Gasteiger partial charge < -0.3 is 4.74 Å². The maximum atomic E-state index is 11.3. The normalized spacial score (nSPS) is 22.0. The Kier molecular flexibility index (Phi) is 3.76. The molecule has 1 aliphatic rings. The number of carbonyl (C=O) groups excluding carboxylic acids is 1. The quantitative estimate of drug-likeness (QED) is 0.343. The molecule has 3 heteroatoms. The van der Waals surface area contributed by atoms with Crippen LogP contribution in [-0.2, 0) is 9.53 Å². The average Bonchev–Trinajstić information content (AvgIpc) is 2.44. The molecule has 1 rings (SSSR count). The molecule has 0 aliphatic carbocycles. The molecule has 0 N–H and O–H groups in total. The van der Waals surface area contributed by atoms with Crippen molar-refractivity contribution in [1.29, 1.82) is 0 Å². The molecule has 0 aromatic rings. The van der Waals surface area contributed by atoms with Gasteiger partial charge in [-0.15, -0.1) is 0 Å². The van der Waals surface area contributed by atoms with Gasteiger partial charge >= 0.3 is 5.97 Å². The monoisotopic (exact) mass is 209 g/mol. The van der Waals surface area contributed by atoms with Crippen LogP contribution in [0.15, 0.2) is 0 Å². The van der Waals surface area contributed by atoms with E-state index >= 15 is 0 Å². The minimum Gasteiger partial charge on any atom is -0.450 e. The van der Waals surface area contributed by atoms with E-state index in [-0.39, 0.29) is 6.04 Å². The third-order valence-corrected chi connectivity index (χ3v) is 2.26. The lowest BCUT2D eigenvalue weighted by Gasteiger charge is -2.17. The number of nitrogens with zero attached hydrogens (tertiary/aromatic N) is 1. The van der Waals surface area contributed by atoms with Crippen molar-refractivity contribution in [2.45, 2.75) is 45.3 Å². The Balaban J connectivity index is 2.47. The summed E-state index contributed by atoms with van der Waals surface area (Å²) in [5, 5.41) is 0. The zero-order valence-electron chi connectivity index (χ0n) is 9.96. The molecule has 1 saturated heterocycles. The highest BCUT2D eigenvalue weighted by atomic mass is 16.6. The van der Waals surface area contributed by atoms with E-state index < -0.39 is 11.6 Å². The van der Waals surface area contributed by atoms with E-state index in [9.17, 15) is 4.79 Å². The predicted molar refractivity (Wildman–Crippen MR) is 59.3 cm³/mol. The third-order valence-electron chi connectivity index (χ3n) is 2.26. The molecule has 0 amide bonds. The lowest BCUT2D eigenvalue weighted by molar-refractivity contribution is -0.147. The van der Waals surface area contributed by atoms with Crippen molar-refractivity contribution < 1.29 is 9.53 Å². The summed E-state index contributed by atoms with van der Waals surface area (Å²) < 4.78 is 5.10. The molecule has 15 heavy (non-hydrogen) atoms. The molecule has 1 unspecified atom stereocenters. The van der Waals surface area contributed by atoms with Gasteiger partial charge in [0.05, 0.1) is 6.04 Å². The minimum absolute atomic E-state index is 0.220. The zero-order valence-corrected chi connectivity index (χ0v) is 9.96. The summed E-state index contributed by atoms with van der Waals surface area (Å²) in [6, 6.07) is 0.220. The second-order valence-corrected chi connectivity index (χ2v) is 4.91. The van der Waals surface area contributed by atoms with Crippen molar-refractivity contribution in [2.24, 2.45) is 0 Å². The van der Waals surface area contributed by atoms with Crippen molar-refractivity contribution in [2.75, 3.05) is 13.6 Å². The molecule has 0 radical (unpaired) electrons. The third kappa shape index (κ3) is 4.35. The Morgan fingerprint density at radius 1 is 1.47 bits per heavy atom. The van der Waals surface area contributed by atoms with Gasteiger partial charge in [0, 0.05) is 5.92 Å². The molecule has 3 nitrogen and oxygen atoms in total. The van der Waals surface area contributed by atoms with Crippen LogP contribution in [0.4, 0.5) is 0 Å². The second-order valence-electron chi connectivity index (χ2n) is 4.91. The van der Waals surface area contributed by atoms with E-state index in [1.165, 1.54) is 0 Å². The number of likely N-dealkylation sites (tertiary alicyclic amines) is 1. The van der Waals surface area contributed by atoms with Crippen LogP contribution in [0, 0.1) is 11.8 Å². The van der Waals surface area contributed by atoms with Gasteiger partial charge in [0.2, 0.25) is 0 Å². The van der Waals surface area contributed by atoms with Gasteiger partial charge in [-0.3, -0.25) is 4.90 Å². The van der Waals surface area contributed by atoms with E-state index in [4.69, 9.17) is 4.74 Å². The van der Waals surface area contributed by atoms with Crippen LogP contribution in [0.3, 0.4) is 0 Å². The molecule has 0 aromatic heterocycles. The summed E-state index contributed by atoms with van der Waals surface area (Å²) in [7, 11) is 2.03. The molecule has 1 aliphatic heterocycles. The maximum absolute atomic E-state index is 11.3. The number of carbonyl (C=O) groups is 1. The summed E-state index contributed by atoms with van der Waals surface area (Å²) in [6.45, 7) is 6.59. The topological polar surface area (TPSA) is 29.5 Å². The first-order valence-corrected chi connectivity index (χ1v) is 5.33. The lowest BCUT2D eigenvalue weighted by atomic mass is 10.2. The highest BCUT2D eigenvalue weighted by molar-refractivity contribution is 5.88. The summed E-state index contributed by atoms with van der Waals surface area (Å²) in [4.78, 5) is 13.5. The molecular weight excluding hydrogens is 190 g/mol. The predicted octanol–water partition coefficient (Wildman–Crippen LogP) is 1.43. The first kappa shape index (κ1) is 12.1. The van der Waals surface area contributed by atoms with Crippen molar-refractivity contribution >= 4 is 5.97 Å². The SMILES string of the molecule is CN1CCCC1C#CC(=O)OC(C)(C)C. The largest absolute Gasteiger partial charge is 0.450 e. The lowest BCUT2D eigenvalue weighted by Crippen LogP contribution is -2.25. The van der Waals surface area contributed by atoms with Crippen molar-refractivity contribution in [1.82, 2.24) is 4.90 Å². The first-order chi connectivity index (χ1) is 6.88. The van der Waals surface area contributed by atoms with Gasteiger partial charge in [0.25, 0.3) is 0 Å². The van der Waals surface area contributed by atoms with Crippen LogP contribution in [0.2, 0.25) is 0 Å². The Labute approximate surface area is 91.8 Å². The standard InChI is InChI=1S/C12H19NO2/c1-12(2,3)15-11(14)8-7-10-6-5-9-13(10)4/h10H,5-6,9H2,1-4H3. The van der Waals surface area contributed by atoms with E-state index in [2.05, 4.69) is 16.7 Å². The fourth-order valence-corrected chi connectivity index (χ4v) is 1.54. The number of ether oxygens (including phenoxy) is 1. The smallest absolute Gasteiger partial charge is 0.384 e. The van der Waals surface area contributed by atoms with Gasteiger partial charge in [0.15, 0.2) is 0 Å². The highest BCUT2D eigenvalue weighted by Gasteiger charge is 2.19. The fraction of sp³-hybridized carbons (Fsp3) is 0.750. The number of hydrogen-bond acceptors (Lipinski definition) is 3. The van der Waals surface area contributed by atoms with Gasteiger partial charge in [-0.1, -0.05) is 5.92 Å². The van der Waals surface area contributed by atoms with Gasteiger partial charge in [-0.25, -0.2) is 4.79 Å². The first-order valence-electron chi connectivity index (χ1n) is 5.33. The molecule has 0 saturated carbocycles. The Hall–Kier alpha value is -1.01. The maximum Gasteiger partial charge on any atom is 0.384 e. The minimum atomic E-state index is -0.451. The molecule has 1 fully saturated rings. The Morgan fingerprint density at radius 2 is 2.13 bits per heavy atom. The van der Waals surface area contributed by atoms with Crippen molar-refractivity contribution in [3.8, 4) is 11.8 Å². The Morgan fingerprint density at radius 3 is 2.60 bits per heavy atom. The fourth-order valence-electron chi connectivity index (χ4n) is 1.54. The number of esters is 1. The summed E-state index contributed by atoms with van der Waals surface area (Å²) in [5.41, 5.74) is -0.451. The van der Waals surface area contributed by atoms with Gasteiger partial charge in [-0.2, -0.15) is 0 Å². The van der Waals surface area contributed by atoms with Crippen LogP contribution >= 0.6 is 0 Å². The summed E-state index contributed by atoms with van der Waals surface area (Å²) in [6.07, 6.45) is 2.20. The van der Waals surface area contributed by atoms with Crippen molar-refractivity contribution in [3.63, 3.8) is 0 Å². The molecule has 84 valence electrons. The molecule has 1 heterocycles. The van der Waals surface area contributed by atoms with Gasteiger partial charge in [0.1, 0.15) is 5.60 Å². The van der Waals surface area contributed by atoms with E-state index in [0.717, 1.165) is 19.4 Å². The van der Waals surface area contributed by atoms with Crippen LogP contribution in [0.1, 0.15) is 33.6 Å². The Bertz CT molecular complexity index is 293.